The maximum atomic E-state index is 13.0. The van der Waals surface area contributed by atoms with Crippen LogP contribution in [0.4, 0.5) is 10.2 Å². The summed E-state index contributed by atoms with van der Waals surface area (Å²) >= 11 is 0. The first-order chi connectivity index (χ1) is 12.6. The van der Waals surface area contributed by atoms with Gasteiger partial charge in [-0.05, 0) is 35.9 Å². The standard InChI is InChI=1S/C19H18FN3O3/c1-25-16-8-5-14(9-17(16)26-2)19(24)22-18-11-23(12-21-18)10-13-3-6-15(20)7-4-13/h3-9,11-12H,10H2,1-2H3,(H,22,24). The number of anilines is 1. The average molecular weight is 355 g/mol. The Bertz CT molecular complexity index is 907. The van der Waals surface area contributed by atoms with E-state index in [2.05, 4.69) is 10.3 Å². The number of imidazole rings is 1. The van der Waals surface area contributed by atoms with Gasteiger partial charge in [0, 0.05) is 18.3 Å². The van der Waals surface area contributed by atoms with Gasteiger partial charge in [0.2, 0.25) is 0 Å². The summed E-state index contributed by atoms with van der Waals surface area (Å²) < 4.78 is 25.1. The quantitative estimate of drug-likeness (QED) is 0.736. The fourth-order valence-electron chi connectivity index (χ4n) is 2.48. The minimum atomic E-state index is -0.307. The molecule has 1 heterocycles. The highest BCUT2D eigenvalue weighted by molar-refractivity contribution is 6.04. The Kier molecular flexibility index (Phi) is 5.17. The van der Waals surface area contributed by atoms with Crippen molar-refractivity contribution >= 4 is 11.7 Å². The largest absolute Gasteiger partial charge is 0.493 e. The second-order valence-electron chi connectivity index (χ2n) is 5.58. The van der Waals surface area contributed by atoms with Gasteiger partial charge < -0.3 is 19.4 Å². The lowest BCUT2D eigenvalue weighted by Gasteiger charge is -2.09. The number of carbonyl (C=O) groups excluding carboxylic acids is 1. The summed E-state index contributed by atoms with van der Waals surface area (Å²) in [4.78, 5) is 16.6. The van der Waals surface area contributed by atoms with Crippen molar-refractivity contribution in [1.82, 2.24) is 9.55 Å². The van der Waals surface area contributed by atoms with Gasteiger partial charge in [0.25, 0.3) is 5.91 Å². The Morgan fingerprint density at radius 1 is 1.12 bits per heavy atom. The van der Waals surface area contributed by atoms with E-state index in [9.17, 15) is 9.18 Å². The number of nitrogens with zero attached hydrogens (tertiary/aromatic N) is 2. The Balaban J connectivity index is 1.68. The van der Waals surface area contributed by atoms with Gasteiger partial charge in [-0.25, -0.2) is 9.37 Å². The van der Waals surface area contributed by atoms with Crippen molar-refractivity contribution in [2.75, 3.05) is 19.5 Å². The summed E-state index contributed by atoms with van der Waals surface area (Å²) in [5, 5.41) is 2.74. The molecule has 3 rings (SSSR count). The van der Waals surface area contributed by atoms with Gasteiger partial charge in [-0.1, -0.05) is 12.1 Å². The van der Waals surface area contributed by atoms with Gasteiger partial charge in [-0.2, -0.15) is 0 Å². The predicted molar refractivity (Wildman–Crippen MR) is 95.2 cm³/mol. The molecule has 1 aromatic heterocycles. The number of halogens is 1. The zero-order valence-electron chi connectivity index (χ0n) is 14.4. The van der Waals surface area contributed by atoms with Crippen LogP contribution >= 0.6 is 0 Å². The molecule has 0 radical (unpaired) electrons. The number of hydrogen-bond acceptors (Lipinski definition) is 4. The molecule has 0 aliphatic rings. The monoisotopic (exact) mass is 355 g/mol. The highest BCUT2D eigenvalue weighted by atomic mass is 19.1. The topological polar surface area (TPSA) is 65.4 Å². The lowest BCUT2D eigenvalue weighted by molar-refractivity contribution is 0.102. The molecule has 0 aliphatic carbocycles. The van der Waals surface area contributed by atoms with Gasteiger partial charge in [0.05, 0.1) is 20.5 Å². The van der Waals surface area contributed by atoms with E-state index in [0.717, 1.165) is 5.56 Å². The molecule has 0 aliphatic heterocycles. The van der Waals surface area contributed by atoms with E-state index >= 15 is 0 Å². The van der Waals surface area contributed by atoms with Crippen LogP contribution in [0.1, 0.15) is 15.9 Å². The van der Waals surface area contributed by atoms with Crippen molar-refractivity contribution in [2.45, 2.75) is 6.54 Å². The van der Waals surface area contributed by atoms with E-state index in [1.165, 1.54) is 26.4 Å². The first-order valence-corrected chi connectivity index (χ1v) is 7.88. The van der Waals surface area contributed by atoms with E-state index in [4.69, 9.17) is 9.47 Å². The third kappa shape index (κ3) is 4.00. The van der Waals surface area contributed by atoms with Crippen LogP contribution in [0.2, 0.25) is 0 Å². The molecular formula is C19H18FN3O3. The van der Waals surface area contributed by atoms with Gasteiger partial charge in [-0.15, -0.1) is 0 Å². The van der Waals surface area contributed by atoms with Crippen LogP contribution in [0.25, 0.3) is 0 Å². The van der Waals surface area contributed by atoms with Gasteiger partial charge >= 0.3 is 0 Å². The van der Waals surface area contributed by atoms with Crippen LogP contribution in [0.3, 0.4) is 0 Å². The molecule has 1 amide bonds. The molecule has 7 heteroatoms. The minimum Gasteiger partial charge on any atom is -0.493 e. The van der Waals surface area contributed by atoms with E-state index in [-0.39, 0.29) is 11.7 Å². The van der Waals surface area contributed by atoms with Crippen molar-refractivity contribution in [3.63, 3.8) is 0 Å². The molecule has 0 spiro atoms. The second-order valence-corrected chi connectivity index (χ2v) is 5.58. The van der Waals surface area contributed by atoms with Crippen LogP contribution in [0.15, 0.2) is 55.0 Å². The highest BCUT2D eigenvalue weighted by Crippen LogP contribution is 2.27. The zero-order valence-corrected chi connectivity index (χ0v) is 14.4. The summed E-state index contributed by atoms with van der Waals surface area (Å²) in [6.45, 7) is 0.527. The number of hydrogen-bond donors (Lipinski definition) is 1. The summed E-state index contributed by atoms with van der Waals surface area (Å²) in [6, 6.07) is 11.1. The van der Waals surface area contributed by atoms with Gasteiger partial charge in [0.15, 0.2) is 17.3 Å². The van der Waals surface area contributed by atoms with E-state index in [1.54, 1.807) is 47.4 Å². The Morgan fingerprint density at radius 3 is 2.54 bits per heavy atom. The molecule has 0 unspecified atom stereocenters. The van der Waals surface area contributed by atoms with Gasteiger partial charge in [0.1, 0.15) is 5.82 Å². The predicted octanol–water partition coefficient (Wildman–Crippen LogP) is 3.34. The molecule has 6 nitrogen and oxygen atoms in total. The smallest absolute Gasteiger partial charge is 0.256 e. The summed E-state index contributed by atoms with van der Waals surface area (Å²) in [5.74, 6) is 0.863. The summed E-state index contributed by atoms with van der Waals surface area (Å²) in [7, 11) is 3.04. The first-order valence-electron chi connectivity index (χ1n) is 7.88. The number of aromatic nitrogens is 2. The first kappa shape index (κ1) is 17.5. The number of benzene rings is 2. The summed E-state index contributed by atoms with van der Waals surface area (Å²) in [6.07, 6.45) is 3.32. The van der Waals surface area contributed by atoms with E-state index in [0.29, 0.717) is 29.4 Å². The Labute approximate surface area is 150 Å². The third-order valence-electron chi connectivity index (χ3n) is 3.80. The van der Waals surface area contributed by atoms with Crippen LogP contribution in [-0.4, -0.2) is 29.7 Å². The fourth-order valence-corrected chi connectivity index (χ4v) is 2.48. The van der Waals surface area contributed by atoms with Crippen molar-refractivity contribution in [2.24, 2.45) is 0 Å². The maximum Gasteiger partial charge on any atom is 0.256 e. The molecule has 0 atom stereocenters. The molecule has 0 fully saturated rings. The average Bonchev–Trinajstić information content (AvgIpc) is 3.09. The number of amides is 1. The number of carbonyl (C=O) groups is 1. The molecule has 134 valence electrons. The molecule has 3 aromatic rings. The SMILES string of the molecule is COc1ccc(C(=O)Nc2cn(Cc3ccc(F)cc3)cn2)cc1OC. The van der Waals surface area contributed by atoms with Crippen molar-refractivity contribution in [3.05, 3.63) is 71.9 Å². The summed E-state index contributed by atoms with van der Waals surface area (Å²) in [5.41, 5.74) is 1.36. The molecular weight excluding hydrogens is 337 g/mol. The number of methoxy groups -OCH3 is 2. The zero-order chi connectivity index (χ0) is 18.5. The second kappa shape index (κ2) is 7.69. The highest BCUT2D eigenvalue weighted by Gasteiger charge is 2.12. The maximum absolute atomic E-state index is 13.0. The molecule has 0 saturated carbocycles. The van der Waals surface area contributed by atoms with Crippen LogP contribution in [0, 0.1) is 5.82 Å². The lowest BCUT2D eigenvalue weighted by Crippen LogP contribution is -2.12. The number of nitrogens with one attached hydrogen (secondary N) is 1. The van der Waals surface area contributed by atoms with Gasteiger partial charge in [-0.3, -0.25) is 4.79 Å². The van der Waals surface area contributed by atoms with Crippen LogP contribution < -0.4 is 14.8 Å². The lowest BCUT2D eigenvalue weighted by atomic mass is 10.2. The third-order valence-corrected chi connectivity index (χ3v) is 3.80. The molecule has 1 N–H and O–H groups in total. The van der Waals surface area contributed by atoms with E-state index < -0.39 is 0 Å². The molecule has 2 aromatic carbocycles. The minimum absolute atomic E-state index is 0.276. The fraction of sp³-hybridized carbons (Fsp3) is 0.158. The molecule has 0 bridgehead atoms. The molecule has 26 heavy (non-hydrogen) atoms. The van der Waals surface area contributed by atoms with Crippen LogP contribution in [-0.2, 0) is 6.54 Å². The van der Waals surface area contributed by atoms with Crippen LogP contribution in [0.5, 0.6) is 11.5 Å². The number of rotatable bonds is 6. The Morgan fingerprint density at radius 2 is 1.85 bits per heavy atom. The van der Waals surface area contributed by atoms with Crippen molar-refractivity contribution < 1.29 is 18.7 Å². The Hall–Kier alpha value is -3.35. The van der Waals surface area contributed by atoms with E-state index in [1.807, 2.05) is 0 Å². The van der Waals surface area contributed by atoms with Crippen molar-refractivity contribution in [3.8, 4) is 11.5 Å². The normalized spacial score (nSPS) is 10.4. The molecule has 0 saturated heterocycles. The van der Waals surface area contributed by atoms with Crippen molar-refractivity contribution in [1.29, 1.82) is 0 Å². The number of ether oxygens (including phenoxy) is 2.